The number of nitrogens with one attached hydrogen (secondary N) is 1. The second-order valence-electron chi connectivity index (χ2n) is 5.57. The van der Waals surface area contributed by atoms with Gasteiger partial charge >= 0.3 is 0 Å². The predicted octanol–water partition coefficient (Wildman–Crippen LogP) is 1.80. The van der Waals surface area contributed by atoms with Gasteiger partial charge in [0, 0.05) is 57.8 Å². The Balaban J connectivity index is 1.77. The number of rotatable bonds is 8. The van der Waals surface area contributed by atoms with Crippen LogP contribution in [-0.4, -0.2) is 62.4 Å². The van der Waals surface area contributed by atoms with E-state index in [9.17, 15) is 0 Å². The lowest BCUT2D eigenvalue weighted by atomic mass is 10.2. The van der Waals surface area contributed by atoms with Gasteiger partial charge in [0.1, 0.15) is 0 Å². The molecule has 1 saturated heterocycles. The number of ether oxygens (including phenoxy) is 1. The van der Waals surface area contributed by atoms with E-state index in [0.29, 0.717) is 6.04 Å². The van der Waals surface area contributed by atoms with Gasteiger partial charge in [-0.25, -0.2) is 4.98 Å². The highest BCUT2D eigenvalue weighted by Gasteiger charge is 2.21. The molecule has 0 aliphatic carbocycles. The van der Waals surface area contributed by atoms with Crippen molar-refractivity contribution in [3.05, 3.63) is 11.1 Å². The predicted molar refractivity (Wildman–Crippen MR) is 89.2 cm³/mol. The normalized spacial score (nSPS) is 18.1. The quantitative estimate of drug-likeness (QED) is 0.741. The summed E-state index contributed by atoms with van der Waals surface area (Å²) in [4.78, 5) is 9.74. The lowest BCUT2D eigenvalue weighted by molar-refractivity contribution is 0.192. The summed E-state index contributed by atoms with van der Waals surface area (Å²) in [5, 5.41) is 6.67. The van der Waals surface area contributed by atoms with Crippen molar-refractivity contribution in [1.82, 2.24) is 15.2 Å². The first-order chi connectivity index (χ1) is 10.2. The van der Waals surface area contributed by atoms with Crippen LogP contribution in [0, 0.1) is 0 Å². The zero-order valence-corrected chi connectivity index (χ0v) is 14.3. The average Bonchev–Trinajstić information content (AvgIpc) is 3.00. The van der Waals surface area contributed by atoms with Crippen molar-refractivity contribution in [2.45, 2.75) is 32.9 Å². The van der Waals surface area contributed by atoms with E-state index >= 15 is 0 Å². The minimum atomic E-state index is 0.698. The molecule has 6 heteroatoms. The Morgan fingerprint density at radius 1 is 1.38 bits per heavy atom. The third-order valence-corrected chi connectivity index (χ3v) is 5.08. The lowest BCUT2D eigenvalue weighted by Gasteiger charge is -2.37. The summed E-state index contributed by atoms with van der Waals surface area (Å²) in [7, 11) is 1.72. The highest BCUT2D eigenvalue weighted by Crippen LogP contribution is 2.22. The Labute approximate surface area is 132 Å². The van der Waals surface area contributed by atoms with Crippen molar-refractivity contribution < 1.29 is 4.74 Å². The Kier molecular flexibility index (Phi) is 6.89. The number of hydrogen-bond donors (Lipinski definition) is 1. The van der Waals surface area contributed by atoms with Crippen molar-refractivity contribution in [2.24, 2.45) is 0 Å². The summed E-state index contributed by atoms with van der Waals surface area (Å²) in [6, 6.07) is 0.698. The number of piperazine rings is 1. The van der Waals surface area contributed by atoms with Crippen molar-refractivity contribution in [2.75, 3.05) is 51.3 Å². The molecule has 21 heavy (non-hydrogen) atoms. The van der Waals surface area contributed by atoms with Gasteiger partial charge in [0.05, 0.1) is 12.3 Å². The number of anilines is 1. The van der Waals surface area contributed by atoms with Gasteiger partial charge in [0.15, 0.2) is 5.13 Å². The number of nitrogens with zero attached hydrogens (tertiary/aromatic N) is 3. The largest absolute Gasteiger partial charge is 0.383 e. The second-order valence-corrected chi connectivity index (χ2v) is 6.41. The Morgan fingerprint density at radius 2 is 2.14 bits per heavy atom. The first kappa shape index (κ1) is 16.7. The van der Waals surface area contributed by atoms with Crippen LogP contribution in [0.5, 0.6) is 0 Å². The number of aromatic nitrogens is 1. The van der Waals surface area contributed by atoms with E-state index in [1.54, 1.807) is 18.4 Å². The minimum absolute atomic E-state index is 0.698. The van der Waals surface area contributed by atoms with Crippen LogP contribution in [0.4, 0.5) is 5.13 Å². The number of thiazole rings is 1. The van der Waals surface area contributed by atoms with E-state index in [0.717, 1.165) is 51.6 Å². The van der Waals surface area contributed by atoms with Gasteiger partial charge in [0.25, 0.3) is 0 Å². The molecular weight excluding hydrogens is 284 g/mol. The third kappa shape index (κ3) is 4.92. The van der Waals surface area contributed by atoms with E-state index in [4.69, 9.17) is 9.72 Å². The first-order valence-corrected chi connectivity index (χ1v) is 8.75. The Morgan fingerprint density at radius 3 is 2.81 bits per heavy atom. The van der Waals surface area contributed by atoms with Crippen LogP contribution < -0.4 is 10.2 Å². The minimum Gasteiger partial charge on any atom is -0.383 e. The second kappa shape index (κ2) is 8.68. The molecule has 5 nitrogen and oxygen atoms in total. The van der Waals surface area contributed by atoms with E-state index < -0.39 is 0 Å². The molecule has 0 radical (unpaired) electrons. The standard InChI is InChI=1S/C15H28N4OS/c1-4-13(2)18-6-8-19(9-7-18)15-17-14(12-21-15)11-16-5-10-20-3/h12-13,16H,4-11H2,1-3H3. The monoisotopic (exact) mass is 312 g/mol. The molecular formula is C15H28N4OS. The molecule has 1 aliphatic rings. The van der Waals surface area contributed by atoms with Crippen LogP contribution in [0.15, 0.2) is 5.38 Å². The molecule has 1 aromatic heterocycles. The van der Waals surface area contributed by atoms with Gasteiger partial charge in [-0.1, -0.05) is 6.92 Å². The average molecular weight is 312 g/mol. The molecule has 0 amide bonds. The summed E-state index contributed by atoms with van der Waals surface area (Å²) in [6.45, 7) is 11.5. The first-order valence-electron chi connectivity index (χ1n) is 7.87. The zero-order valence-electron chi connectivity index (χ0n) is 13.5. The summed E-state index contributed by atoms with van der Waals surface area (Å²) < 4.78 is 5.03. The van der Waals surface area contributed by atoms with Crippen LogP contribution in [0.1, 0.15) is 26.0 Å². The lowest BCUT2D eigenvalue weighted by Crippen LogP contribution is -2.49. The third-order valence-electron chi connectivity index (χ3n) is 4.13. The molecule has 1 fully saturated rings. The molecule has 120 valence electrons. The molecule has 1 unspecified atom stereocenters. The Bertz CT molecular complexity index is 404. The maximum Gasteiger partial charge on any atom is 0.185 e. The number of methoxy groups -OCH3 is 1. The van der Waals surface area contributed by atoms with Gasteiger partial charge in [-0.2, -0.15) is 0 Å². The van der Waals surface area contributed by atoms with Crippen molar-refractivity contribution in [3.63, 3.8) is 0 Å². The van der Waals surface area contributed by atoms with Gasteiger partial charge in [0.2, 0.25) is 0 Å². The van der Waals surface area contributed by atoms with E-state index in [2.05, 4.69) is 34.3 Å². The van der Waals surface area contributed by atoms with Gasteiger partial charge in [-0.3, -0.25) is 4.90 Å². The van der Waals surface area contributed by atoms with Gasteiger partial charge in [-0.15, -0.1) is 11.3 Å². The maximum atomic E-state index is 5.03. The van der Waals surface area contributed by atoms with E-state index in [-0.39, 0.29) is 0 Å². The molecule has 1 aromatic rings. The molecule has 1 N–H and O–H groups in total. The van der Waals surface area contributed by atoms with E-state index in [1.807, 2.05) is 0 Å². The van der Waals surface area contributed by atoms with Gasteiger partial charge in [-0.05, 0) is 13.3 Å². The van der Waals surface area contributed by atoms with Crippen LogP contribution in [-0.2, 0) is 11.3 Å². The summed E-state index contributed by atoms with van der Waals surface area (Å²) in [5.41, 5.74) is 1.13. The van der Waals surface area contributed by atoms with E-state index in [1.165, 1.54) is 11.6 Å². The molecule has 2 heterocycles. The summed E-state index contributed by atoms with van der Waals surface area (Å²) >= 11 is 1.76. The molecule has 0 spiro atoms. The van der Waals surface area contributed by atoms with Crippen LogP contribution in [0.25, 0.3) is 0 Å². The summed E-state index contributed by atoms with van der Waals surface area (Å²) in [5.74, 6) is 0. The van der Waals surface area contributed by atoms with Crippen molar-refractivity contribution in [3.8, 4) is 0 Å². The molecule has 1 atom stereocenters. The fraction of sp³-hybridized carbons (Fsp3) is 0.800. The van der Waals surface area contributed by atoms with Crippen LogP contribution in [0.2, 0.25) is 0 Å². The SMILES string of the molecule is CCC(C)N1CCN(c2nc(CNCCOC)cs2)CC1. The Hall–Kier alpha value is -0.690. The molecule has 0 bridgehead atoms. The molecule has 1 aliphatic heterocycles. The summed E-state index contributed by atoms with van der Waals surface area (Å²) in [6.07, 6.45) is 1.23. The number of hydrogen-bond acceptors (Lipinski definition) is 6. The molecule has 2 rings (SSSR count). The highest BCUT2D eigenvalue weighted by atomic mass is 32.1. The topological polar surface area (TPSA) is 40.6 Å². The van der Waals surface area contributed by atoms with Crippen LogP contribution >= 0.6 is 11.3 Å². The zero-order chi connectivity index (χ0) is 15.1. The van der Waals surface area contributed by atoms with Crippen molar-refractivity contribution in [1.29, 1.82) is 0 Å². The molecule has 0 aromatic carbocycles. The van der Waals surface area contributed by atoms with Crippen LogP contribution in [0.3, 0.4) is 0 Å². The molecule has 0 saturated carbocycles. The fourth-order valence-electron chi connectivity index (χ4n) is 2.53. The smallest absolute Gasteiger partial charge is 0.185 e. The fourth-order valence-corrected chi connectivity index (χ4v) is 3.40. The highest BCUT2D eigenvalue weighted by molar-refractivity contribution is 7.13. The van der Waals surface area contributed by atoms with Crippen molar-refractivity contribution >= 4 is 16.5 Å². The maximum absolute atomic E-state index is 5.03. The van der Waals surface area contributed by atoms with Gasteiger partial charge < -0.3 is 15.0 Å².